The third-order valence-corrected chi connectivity index (χ3v) is 3.65. The molecule has 0 aliphatic carbocycles. The first-order valence-corrected chi connectivity index (χ1v) is 6.39. The molecule has 0 amide bonds. The van der Waals surface area contributed by atoms with E-state index >= 15 is 0 Å². The number of hydrogen-bond donors (Lipinski definition) is 1. The summed E-state index contributed by atoms with van der Waals surface area (Å²) in [4.78, 5) is 2.28. The Kier molecular flexibility index (Phi) is 2.85. The molecule has 0 aromatic heterocycles. The van der Waals surface area contributed by atoms with Crippen LogP contribution >= 0.6 is 0 Å². The summed E-state index contributed by atoms with van der Waals surface area (Å²) in [6, 6.07) is 16.0. The molecular weight excluding hydrogens is 234 g/mol. The lowest BCUT2D eigenvalue weighted by molar-refractivity contribution is 0.733. The van der Waals surface area contributed by atoms with Gasteiger partial charge in [-0.2, -0.15) is 5.26 Å². The molecule has 19 heavy (non-hydrogen) atoms. The van der Waals surface area contributed by atoms with Crippen LogP contribution in [0.15, 0.2) is 42.5 Å². The highest BCUT2D eigenvalue weighted by Crippen LogP contribution is 2.28. The van der Waals surface area contributed by atoms with E-state index < -0.39 is 0 Å². The number of benzene rings is 2. The van der Waals surface area contributed by atoms with Gasteiger partial charge in [-0.15, -0.1) is 0 Å². The van der Waals surface area contributed by atoms with Crippen molar-refractivity contribution in [2.45, 2.75) is 13.0 Å². The minimum Gasteiger partial charge on any atom is -0.398 e. The van der Waals surface area contributed by atoms with Crippen LogP contribution in [0, 0.1) is 11.3 Å². The molecule has 0 saturated heterocycles. The van der Waals surface area contributed by atoms with Crippen LogP contribution in [-0.2, 0) is 13.0 Å². The van der Waals surface area contributed by atoms with Gasteiger partial charge >= 0.3 is 0 Å². The second-order valence-electron chi connectivity index (χ2n) is 4.82. The fourth-order valence-electron chi connectivity index (χ4n) is 2.60. The summed E-state index contributed by atoms with van der Waals surface area (Å²) in [6.45, 7) is 1.78. The molecule has 1 aliphatic rings. The van der Waals surface area contributed by atoms with Gasteiger partial charge in [0, 0.05) is 24.5 Å². The van der Waals surface area contributed by atoms with Crippen molar-refractivity contribution in [1.29, 1.82) is 5.26 Å². The molecule has 0 saturated carbocycles. The molecular formula is C16H15N3. The Morgan fingerprint density at radius 2 is 2.00 bits per heavy atom. The zero-order valence-corrected chi connectivity index (χ0v) is 10.6. The molecule has 0 atom stereocenters. The van der Waals surface area contributed by atoms with Gasteiger partial charge in [-0.3, -0.25) is 0 Å². The Bertz CT molecular complexity index is 655. The first-order valence-electron chi connectivity index (χ1n) is 6.39. The Morgan fingerprint density at radius 1 is 1.16 bits per heavy atom. The van der Waals surface area contributed by atoms with Gasteiger partial charge in [0.2, 0.25) is 0 Å². The fraction of sp³-hybridized carbons (Fsp3) is 0.188. The van der Waals surface area contributed by atoms with E-state index in [1.807, 2.05) is 36.4 Å². The Balaban J connectivity index is 1.93. The van der Waals surface area contributed by atoms with Crippen LogP contribution in [0.4, 0.5) is 11.4 Å². The lowest BCUT2D eigenvalue weighted by Crippen LogP contribution is -2.30. The lowest BCUT2D eigenvalue weighted by Gasteiger charge is -2.31. The van der Waals surface area contributed by atoms with Crippen LogP contribution in [0.5, 0.6) is 0 Å². The number of rotatable bonds is 1. The van der Waals surface area contributed by atoms with Crippen LogP contribution in [0.2, 0.25) is 0 Å². The molecule has 2 N–H and O–H groups in total. The van der Waals surface area contributed by atoms with E-state index in [0.717, 1.165) is 30.9 Å². The predicted octanol–water partition coefficient (Wildman–Crippen LogP) is 2.70. The maximum absolute atomic E-state index is 8.97. The molecule has 0 unspecified atom stereocenters. The molecule has 0 spiro atoms. The lowest BCUT2D eigenvalue weighted by atomic mass is 9.97. The maximum Gasteiger partial charge on any atom is 0.0992 e. The third-order valence-electron chi connectivity index (χ3n) is 3.65. The van der Waals surface area contributed by atoms with Crippen molar-refractivity contribution in [1.82, 2.24) is 0 Å². The smallest absolute Gasteiger partial charge is 0.0992 e. The minimum atomic E-state index is 0.698. The van der Waals surface area contributed by atoms with Gasteiger partial charge in [-0.1, -0.05) is 18.2 Å². The zero-order valence-electron chi connectivity index (χ0n) is 10.6. The molecule has 94 valence electrons. The van der Waals surface area contributed by atoms with Gasteiger partial charge in [0.1, 0.15) is 0 Å². The van der Waals surface area contributed by atoms with Gasteiger partial charge in [-0.05, 0) is 41.8 Å². The number of nitrogen functional groups attached to an aromatic ring is 1. The van der Waals surface area contributed by atoms with E-state index in [1.54, 1.807) is 0 Å². The summed E-state index contributed by atoms with van der Waals surface area (Å²) in [5.41, 5.74) is 11.3. The molecule has 1 aliphatic heterocycles. The van der Waals surface area contributed by atoms with Crippen molar-refractivity contribution in [2.75, 3.05) is 17.2 Å². The number of fused-ring (bicyclic) bond motifs is 1. The van der Waals surface area contributed by atoms with Crippen LogP contribution in [0.25, 0.3) is 0 Å². The molecule has 2 aromatic rings. The van der Waals surface area contributed by atoms with E-state index in [-0.39, 0.29) is 0 Å². The van der Waals surface area contributed by atoms with Gasteiger partial charge in [-0.25, -0.2) is 0 Å². The first kappa shape index (κ1) is 11.6. The zero-order chi connectivity index (χ0) is 13.2. The van der Waals surface area contributed by atoms with Crippen LogP contribution < -0.4 is 10.6 Å². The van der Waals surface area contributed by atoms with Crippen molar-refractivity contribution in [3.05, 3.63) is 59.2 Å². The highest BCUT2D eigenvalue weighted by Gasteiger charge is 2.18. The first-order chi connectivity index (χ1) is 9.28. The Morgan fingerprint density at radius 3 is 2.84 bits per heavy atom. The molecule has 0 fully saturated rings. The van der Waals surface area contributed by atoms with Crippen molar-refractivity contribution >= 4 is 11.4 Å². The minimum absolute atomic E-state index is 0.698. The molecule has 3 heteroatoms. The van der Waals surface area contributed by atoms with Crippen LogP contribution in [0.3, 0.4) is 0 Å². The SMILES string of the molecule is N#Cc1cccc(N2CCc3cccc(N)c3C2)c1. The standard InChI is InChI=1S/C16H15N3/c17-10-12-3-1-5-14(9-12)19-8-7-13-4-2-6-16(18)15(13)11-19/h1-6,9H,7-8,11,18H2. The largest absolute Gasteiger partial charge is 0.398 e. The highest BCUT2D eigenvalue weighted by atomic mass is 15.1. The van der Waals surface area contributed by atoms with Crippen molar-refractivity contribution in [2.24, 2.45) is 0 Å². The van der Waals surface area contributed by atoms with E-state index in [1.165, 1.54) is 11.1 Å². The number of nitriles is 1. The van der Waals surface area contributed by atoms with Gasteiger partial charge in [0.25, 0.3) is 0 Å². The monoisotopic (exact) mass is 249 g/mol. The second kappa shape index (κ2) is 4.66. The van der Waals surface area contributed by atoms with E-state index in [0.29, 0.717) is 5.56 Å². The average molecular weight is 249 g/mol. The normalized spacial score (nSPS) is 13.7. The quantitative estimate of drug-likeness (QED) is 0.791. The number of nitrogens with two attached hydrogens (primary N) is 1. The number of hydrogen-bond acceptors (Lipinski definition) is 3. The highest BCUT2D eigenvalue weighted by molar-refractivity contribution is 5.58. The summed E-state index contributed by atoms with van der Waals surface area (Å²) < 4.78 is 0. The number of anilines is 2. The van der Waals surface area contributed by atoms with Crippen LogP contribution in [0.1, 0.15) is 16.7 Å². The maximum atomic E-state index is 8.97. The molecule has 0 bridgehead atoms. The summed E-state index contributed by atoms with van der Waals surface area (Å²) >= 11 is 0. The van der Waals surface area contributed by atoms with Crippen molar-refractivity contribution in [3.8, 4) is 6.07 Å². The molecule has 3 nitrogen and oxygen atoms in total. The predicted molar refractivity (Wildman–Crippen MR) is 76.8 cm³/mol. The van der Waals surface area contributed by atoms with Gasteiger partial charge < -0.3 is 10.6 Å². The van der Waals surface area contributed by atoms with Gasteiger partial charge in [0.05, 0.1) is 11.6 Å². The van der Waals surface area contributed by atoms with E-state index in [4.69, 9.17) is 11.0 Å². The fourth-order valence-corrected chi connectivity index (χ4v) is 2.60. The van der Waals surface area contributed by atoms with Crippen molar-refractivity contribution < 1.29 is 0 Å². The summed E-state index contributed by atoms with van der Waals surface area (Å²) in [6.07, 6.45) is 0.997. The molecule has 0 radical (unpaired) electrons. The summed E-state index contributed by atoms with van der Waals surface area (Å²) in [5.74, 6) is 0. The van der Waals surface area contributed by atoms with E-state index in [9.17, 15) is 0 Å². The topological polar surface area (TPSA) is 53.0 Å². The van der Waals surface area contributed by atoms with E-state index in [2.05, 4.69) is 17.0 Å². The third kappa shape index (κ3) is 2.13. The van der Waals surface area contributed by atoms with Crippen molar-refractivity contribution in [3.63, 3.8) is 0 Å². The number of nitrogens with zero attached hydrogens (tertiary/aromatic N) is 2. The average Bonchev–Trinajstić information content (AvgIpc) is 2.47. The summed E-state index contributed by atoms with van der Waals surface area (Å²) in [5, 5.41) is 8.97. The molecule has 1 heterocycles. The molecule has 2 aromatic carbocycles. The van der Waals surface area contributed by atoms with Crippen LogP contribution in [-0.4, -0.2) is 6.54 Å². The molecule has 3 rings (SSSR count). The van der Waals surface area contributed by atoms with Gasteiger partial charge in [0.15, 0.2) is 0 Å². The second-order valence-corrected chi connectivity index (χ2v) is 4.82. The summed E-state index contributed by atoms with van der Waals surface area (Å²) in [7, 11) is 0. The Hall–Kier alpha value is -2.47. The Labute approximate surface area is 112 Å².